The first kappa shape index (κ1) is 34.8. The number of aryl methyl sites for hydroxylation is 2. The largest absolute Gasteiger partial charge is 0.493 e. The second-order valence-corrected chi connectivity index (χ2v) is 12.2. The van der Waals surface area contributed by atoms with Crippen LogP contribution in [-0.4, -0.2) is 66.2 Å². The van der Waals surface area contributed by atoms with Crippen LogP contribution in [0.4, 0.5) is 32.0 Å². The van der Waals surface area contributed by atoms with Gasteiger partial charge in [-0.15, -0.1) is 0 Å². The quantitative estimate of drug-likeness (QED) is 0.247. The Balaban J connectivity index is 1.31. The average molecular weight is 704 g/mol. The number of anilines is 1. The number of nitrogens with one attached hydrogen (secondary N) is 1. The van der Waals surface area contributed by atoms with Crippen molar-refractivity contribution in [3.05, 3.63) is 92.5 Å². The van der Waals surface area contributed by atoms with Crippen LogP contribution in [0.15, 0.2) is 47.3 Å². The van der Waals surface area contributed by atoms with Crippen LogP contribution in [0.3, 0.4) is 0 Å². The Labute approximate surface area is 281 Å². The fourth-order valence-corrected chi connectivity index (χ4v) is 6.69. The molecule has 1 fully saturated rings. The highest BCUT2D eigenvalue weighted by Gasteiger charge is 2.46. The van der Waals surface area contributed by atoms with Gasteiger partial charge in [0.2, 0.25) is 0 Å². The smallest absolute Gasteiger partial charge is 0.411 e. The van der Waals surface area contributed by atoms with E-state index < -0.39 is 65.4 Å². The number of fused-ring (bicyclic) bond motifs is 2. The molecule has 264 valence electrons. The summed E-state index contributed by atoms with van der Waals surface area (Å²) >= 11 is 0. The van der Waals surface area contributed by atoms with Crippen LogP contribution in [0.2, 0.25) is 0 Å². The Hall–Kier alpha value is -5.05. The first-order valence-corrected chi connectivity index (χ1v) is 15.7. The molecule has 3 heterocycles. The molecule has 0 spiro atoms. The zero-order valence-corrected chi connectivity index (χ0v) is 26.8. The van der Waals surface area contributed by atoms with Crippen LogP contribution < -0.4 is 20.5 Å². The lowest BCUT2D eigenvalue weighted by atomic mass is 9.89. The third-order valence-electron chi connectivity index (χ3n) is 9.18. The lowest BCUT2D eigenvalue weighted by Gasteiger charge is -2.38. The highest BCUT2D eigenvalue weighted by atomic mass is 19.4. The normalized spacial score (nSPS) is 16.9. The third-order valence-corrected chi connectivity index (χ3v) is 9.18. The molecule has 0 unspecified atom stereocenters. The van der Waals surface area contributed by atoms with Crippen LogP contribution in [0, 0.1) is 24.4 Å². The lowest BCUT2D eigenvalue weighted by Crippen LogP contribution is -2.53. The summed E-state index contributed by atoms with van der Waals surface area (Å²) in [6.07, 6.45) is -4.13. The van der Waals surface area contributed by atoms with E-state index in [1.807, 2.05) is 0 Å². The summed E-state index contributed by atoms with van der Waals surface area (Å²) in [5, 5.41) is 12.7. The number of alkyl halides is 3. The molecular formula is C35H31F6N3O6. The number of rotatable bonds is 7. The second-order valence-electron chi connectivity index (χ2n) is 12.2. The first-order valence-electron chi connectivity index (χ1n) is 15.7. The molecule has 3 aromatic carbocycles. The van der Waals surface area contributed by atoms with E-state index in [4.69, 9.17) is 9.47 Å². The van der Waals surface area contributed by atoms with Crippen LogP contribution in [0.25, 0.3) is 22.0 Å². The van der Waals surface area contributed by atoms with E-state index >= 15 is 8.78 Å². The van der Waals surface area contributed by atoms with Gasteiger partial charge in [-0.3, -0.25) is 9.59 Å². The summed E-state index contributed by atoms with van der Waals surface area (Å²) < 4.78 is 97.6. The Bertz CT molecular complexity index is 2060. The number of aliphatic carboxylic acids is 1. The maximum atomic E-state index is 15.2. The summed E-state index contributed by atoms with van der Waals surface area (Å²) in [5.41, 5.74) is 0.757. The van der Waals surface area contributed by atoms with Crippen molar-refractivity contribution >= 4 is 28.5 Å². The number of hydrogen-bond acceptors (Lipinski definition) is 6. The number of ether oxygens (including phenoxy) is 2. The van der Waals surface area contributed by atoms with E-state index in [0.717, 1.165) is 4.90 Å². The Kier molecular flexibility index (Phi) is 9.29. The van der Waals surface area contributed by atoms with Gasteiger partial charge in [0, 0.05) is 36.7 Å². The molecule has 2 aliphatic heterocycles. The Morgan fingerprint density at radius 3 is 2.46 bits per heavy atom. The fraction of sp³-hybridized carbons (Fsp3) is 0.343. The van der Waals surface area contributed by atoms with Crippen molar-refractivity contribution in [1.29, 1.82) is 0 Å². The number of carboxylic acids is 1. The summed E-state index contributed by atoms with van der Waals surface area (Å²) in [4.78, 5) is 39.8. The number of benzene rings is 3. The molecule has 2 atom stereocenters. The number of halogens is 6. The SMILES string of the molecule is Cc1c(-c2ccc(C[C@H](NC(=O)c3c(F)cc(N4CCOC[C@@H]4C(F)(F)F)cc3F)C(=O)O)c3c2OCCC3)c(=O)n(C)c2ccc(F)cc12. The number of aromatic nitrogens is 1. The van der Waals surface area contributed by atoms with Crippen molar-refractivity contribution in [2.45, 2.75) is 44.4 Å². The maximum absolute atomic E-state index is 15.2. The minimum Gasteiger partial charge on any atom is -0.493 e. The predicted octanol–water partition coefficient (Wildman–Crippen LogP) is 5.45. The minimum atomic E-state index is -4.76. The van der Waals surface area contributed by atoms with Gasteiger partial charge < -0.3 is 29.4 Å². The Morgan fingerprint density at radius 1 is 1.06 bits per heavy atom. The molecule has 1 amide bonds. The van der Waals surface area contributed by atoms with Crippen molar-refractivity contribution in [2.24, 2.45) is 7.05 Å². The lowest BCUT2D eigenvalue weighted by molar-refractivity contribution is -0.167. The van der Waals surface area contributed by atoms with Crippen molar-refractivity contribution in [3.63, 3.8) is 0 Å². The maximum Gasteiger partial charge on any atom is 0.411 e. The van der Waals surface area contributed by atoms with E-state index in [0.29, 0.717) is 70.5 Å². The van der Waals surface area contributed by atoms with Crippen LogP contribution in [0.1, 0.15) is 33.5 Å². The third kappa shape index (κ3) is 6.37. The number of morpholine rings is 1. The van der Waals surface area contributed by atoms with Gasteiger partial charge in [0.1, 0.15) is 40.8 Å². The highest BCUT2D eigenvalue weighted by Crippen LogP contribution is 2.40. The molecule has 15 heteroatoms. The van der Waals surface area contributed by atoms with Crippen molar-refractivity contribution in [3.8, 4) is 16.9 Å². The van der Waals surface area contributed by atoms with Gasteiger partial charge in [-0.25, -0.2) is 18.0 Å². The fourth-order valence-electron chi connectivity index (χ4n) is 6.69. The minimum absolute atomic E-state index is 0.118. The Morgan fingerprint density at radius 2 is 1.78 bits per heavy atom. The van der Waals surface area contributed by atoms with Crippen molar-refractivity contribution < 1.29 is 50.5 Å². The highest BCUT2D eigenvalue weighted by molar-refractivity contribution is 5.97. The summed E-state index contributed by atoms with van der Waals surface area (Å²) in [5.74, 6) is -6.05. The number of amides is 1. The van der Waals surface area contributed by atoms with Crippen LogP contribution in [0.5, 0.6) is 5.75 Å². The topological polar surface area (TPSA) is 110 Å². The number of carboxylic acid groups (broad SMARTS) is 1. The first-order chi connectivity index (χ1) is 23.7. The molecule has 4 aromatic rings. The van der Waals surface area contributed by atoms with E-state index in [-0.39, 0.29) is 30.7 Å². The second kappa shape index (κ2) is 13.3. The molecule has 0 radical (unpaired) electrons. The van der Waals surface area contributed by atoms with Crippen LogP contribution >= 0.6 is 0 Å². The monoisotopic (exact) mass is 703 g/mol. The number of nitrogens with zero attached hydrogens (tertiary/aromatic N) is 2. The average Bonchev–Trinajstić information content (AvgIpc) is 3.07. The number of carbonyl (C=O) groups excluding carboxylic acids is 1. The number of carbonyl (C=O) groups is 2. The van der Waals surface area contributed by atoms with Crippen LogP contribution in [-0.2, 0) is 29.4 Å². The molecule has 0 aliphatic carbocycles. The summed E-state index contributed by atoms with van der Waals surface area (Å²) in [6.45, 7) is 0.816. The summed E-state index contributed by atoms with van der Waals surface area (Å²) in [7, 11) is 1.56. The zero-order chi connectivity index (χ0) is 36.1. The standard InChI is InChI=1S/C35H31F6N3O6/c1-17-23-13-19(36)6-8-27(23)43(2)33(46)29(17)22-7-5-18(21-4-3-10-50-31(21)22)12-26(34(47)48)42-32(45)30-24(37)14-20(15-25(30)38)44-9-11-49-16-28(44)35(39,40)41/h5-8,13-15,26,28H,3-4,9-12,16H2,1-2H3,(H,42,45)(H,47,48)/t26-,28+/m0/s1. The van der Waals surface area contributed by atoms with E-state index in [1.165, 1.54) is 22.8 Å². The van der Waals surface area contributed by atoms with E-state index in [1.54, 1.807) is 26.1 Å². The molecule has 0 bridgehead atoms. The zero-order valence-electron chi connectivity index (χ0n) is 26.8. The van der Waals surface area contributed by atoms with Crippen molar-refractivity contribution in [2.75, 3.05) is 31.3 Å². The van der Waals surface area contributed by atoms with Gasteiger partial charge in [-0.05, 0) is 66.8 Å². The van der Waals surface area contributed by atoms with Crippen molar-refractivity contribution in [1.82, 2.24) is 9.88 Å². The molecule has 2 N–H and O–H groups in total. The molecule has 1 aromatic heterocycles. The predicted molar refractivity (Wildman–Crippen MR) is 170 cm³/mol. The van der Waals surface area contributed by atoms with E-state index in [9.17, 15) is 37.1 Å². The number of pyridine rings is 1. The molecular weight excluding hydrogens is 672 g/mol. The van der Waals surface area contributed by atoms with Gasteiger partial charge in [0.25, 0.3) is 11.5 Å². The molecule has 0 saturated carbocycles. The van der Waals surface area contributed by atoms with E-state index in [2.05, 4.69) is 5.32 Å². The molecule has 9 nitrogen and oxygen atoms in total. The molecule has 2 aliphatic rings. The van der Waals surface area contributed by atoms with Gasteiger partial charge in [0.05, 0.1) is 30.9 Å². The van der Waals surface area contributed by atoms with Gasteiger partial charge in [0.15, 0.2) is 0 Å². The van der Waals surface area contributed by atoms with Gasteiger partial charge >= 0.3 is 12.1 Å². The summed E-state index contributed by atoms with van der Waals surface area (Å²) in [6, 6.07) is 4.59. The van der Waals surface area contributed by atoms with Gasteiger partial charge in [-0.1, -0.05) is 12.1 Å². The molecule has 1 saturated heterocycles. The molecule has 50 heavy (non-hydrogen) atoms. The van der Waals surface area contributed by atoms with Gasteiger partial charge in [-0.2, -0.15) is 13.2 Å². The number of hydrogen-bond donors (Lipinski definition) is 2. The molecule has 6 rings (SSSR count).